The van der Waals surface area contributed by atoms with Gasteiger partial charge in [0.15, 0.2) is 5.78 Å². The summed E-state index contributed by atoms with van der Waals surface area (Å²) >= 11 is 12.1. The summed E-state index contributed by atoms with van der Waals surface area (Å²) in [6.45, 7) is 0. The number of azo groups is 1. The maximum atomic E-state index is 12.8. The first-order chi connectivity index (χ1) is 10.7. The summed E-state index contributed by atoms with van der Waals surface area (Å²) in [4.78, 5) is 17.0. The van der Waals surface area contributed by atoms with Crippen LogP contribution in [0.4, 0.5) is 0 Å². The lowest BCUT2D eigenvalue weighted by Crippen LogP contribution is -2.24. The van der Waals surface area contributed by atoms with E-state index in [0.717, 1.165) is 0 Å². The van der Waals surface area contributed by atoms with E-state index in [0.29, 0.717) is 21.7 Å². The molecule has 0 aromatic heterocycles. The number of rotatable bonds is 4. The van der Waals surface area contributed by atoms with Crippen molar-refractivity contribution in [3.8, 4) is 0 Å². The number of benzene rings is 2. The van der Waals surface area contributed by atoms with Gasteiger partial charge < -0.3 is 0 Å². The predicted molar refractivity (Wildman–Crippen MR) is 94.3 cm³/mol. The Morgan fingerprint density at radius 3 is 2.48 bits per heavy atom. The zero-order valence-electron chi connectivity index (χ0n) is 11.8. The molecule has 0 amide bonds. The fourth-order valence-electron chi connectivity index (χ4n) is 2.32. The molecule has 0 saturated carbocycles. The van der Waals surface area contributed by atoms with Gasteiger partial charge in [0.05, 0.1) is 5.88 Å². The van der Waals surface area contributed by atoms with Gasteiger partial charge in [0.1, 0.15) is 6.34 Å². The first-order valence-corrected chi connectivity index (χ1v) is 7.49. The Bertz CT molecular complexity index is 763. The van der Waals surface area contributed by atoms with Crippen molar-refractivity contribution in [2.24, 2.45) is 15.2 Å². The number of ketones is 1. The van der Waals surface area contributed by atoms with Crippen LogP contribution in [0.3, 0.4) is 0 Å². The van der Waals surface area contributed by atoms with Crippen LogP contribution in [0.1, 0.15) is 21.5 Å². The van der Waals surface area contributed by atoms with Gasteiger partial charge in [-0.05, 0) is 12.1 Å². The van der Waals surface area contributed by atoms with Crippen LogP contribution in [-0.2, 0) is 5.66 Å². The molecular formula is C16H12Cl3N3O. The summed E-state index contributed by atoms with van der Waals surface area (Å²) in [6.07, 6.45) is 1.34. The monoisotopic (exact) mass is 367 g/mol. The lowest BCUT2D eigenvalue weighted by Gasteiger charge is -2.22. The van der Waals surface area contributed by atoms with Crippen LogP contribution in [0.15, 0.2) is 63.8 Å². The lowest BCUT2D eigenvalue weighted by atomic mass is 9.91. The van der Waals surface area contributed by atoms with E-state index in [-0.39, 0.29) is 24.1 Å². The largest absolute Gasteiger partial charge is 0.289 e. The number of aliphatic imine (C=N–C) groups is 1. The van der Waals surface area contributed by atoms with Crippen molar-refractivity contribution < 1.29 is 4.79 Å². The van der Waals surface area contributed by atoms with Crippen molar-refractivity contribution in [1.29, 1.82) is 0 Å². The van der Waals surface area contributed by atoms with Crippen LogP contribution in [0.25, 0.3) is 0 Å². The van der Waals surface area contributed by atoms with Crippen molar-refractivity contribution in [1.82, 2.24) is 0 Å². The molecule has 0 bridgehead atoms. The Morgan fingerprint density at radius 2 is 1.87 bits per heavy atom. The highest BCUT2D eigenvalue weighted by Gasteiger charge is 2.36. The number of hydrogen-bond acceptors (Lipinski definition) is 4. The van der Waals surface area contributed by atoms with Gasteiger partial charge in [0, 0.05) is 21.7 Å². The number of hydrogen-bond donors (Lipinski definition) is 0. The highest BCUT2D eigenvalue weighted by Crippen LogP contribution is 2.36. The van der Waals surface area contributed by atoms with Crippen molar-refractivity contribution in [2.45, 2.75) is 5.66 Å². The first kappa shape index (κ1) is 17.6. The molecule has 2 aromatic carbocycles. The van der Waals surface area contributed by atoms with Gasteiger partial charge >= 0.3 is 0 Å². The third kappa shape index (κ3) is 3.29. The number of carbonyl (C=O) groups excluding carboxylic acids is 1. The second kappa shape index (κ2) is 7.21. The van der Waals surface area contributed by atoms with E-state index in [4.69, 9.17) is 23.2 Å². The molecule has 7 heteroatoms. The molecule has 1 heterocycles. The van der Waals surface area contributed by atoms with Crippen molar-refractivity contribution in [2.75, 3.05) is 5.88 Å². The topological polar surface area (TPSA) is 54.1 Å². The molecule has 1 unspecified atom stereocenters. The number of halogens is 3. The molecule has 0 fully saturated rings. The van der Waals surface area contributed by atoms with Gasteiger partial charge in [-0.2, -0.15) is 5.11 Å². The second-order valence-corrected chi connectivity index (χ2v) is 5.50. The predicted octanol–water partition coefficient (Wildman–Crippen LogP) is 4.88. The molecule has 0 aliphatic carbocycles. The average Bonchev–Trinajstić information content (AvgIpc) is 3.05. The van der Waals surface area contributed by atoms with E-state index >= 15 is 0 Å². The maximum absolute atomic E-state index is 12.8. The lowest BCUT2D eigenvalue weighted by molar-refractivity contribution is 0.103. The molecule has 4 nitrogen and oxygen atoms in total. The molecule has 0 radical (unpaired) electrons. The Hall–Kier alpha value is -1.75. The van der Waals surface area contributed by atoms with E-state index in [2.05, 4.69) is 15.2 Å². The third-order valence-corrected chi connectivity index (χ3v) is 4.03. The van der Waals surface area contributed by atoms with Crippen molar-refractivity contribution >= 4 is 47.7 Å². The normalized spacial score (nSPS) is 18.7. The summed E-state index contributed by atoms with van der Waals surface area (Å²) in [7, 11) is 0. The summed E-state index contributed by atoms with van der Waals surface area (Å²) in [5, 5.41) is 8.35. The minimum absolute atomic E-state index is 0. The van der Waals surface area contributed by atoms with Crippen LogP contribution < -0.4 is 0 Å². The summed E-state index contributed by atoms with van der Waals surface area (Å²) in [5.41, 5.74) is 0.525. The fraction of sp³-hybridized carbons (Fsp3) is 0.125. The van der Waals surface area contributed by atoms with Crippen LogP contribution in [0.2, 0.25) is 5.02 Å². The third-order valence-electron chi connectivity index (χ3n) is 3.43. The molecule has 23 heavy (non-hydrogen) atoms. The van der Waals surface area contributed by atoms with E-state index in [1.165, 1.54) is 6.34 Å². The Labute approximate surface area is 149 Å². The standard InChI is InChI=1S/C16H11Cl2N3O.ClH/c17-9-16(19-10-20-21-16)14-7-6-12(18)8-13(14)15(22)11-4-2-1-3-5-11;/h1-8,10H,9H2;1H. The van der Waals surface area contributed by atoms with Gasteiger partial charge in [-0.3, -0.25) is 4.79 Å². The number of nitrogens with zero attached hydrogens (tertiary/aromatic N) is 3. The molecule has 0 saturated heterocycles. The zero-order chi connectivity index (χ0) is 15.6. The molecule has 1 aliphatic rings. The fourth-order valence-corrected chi connectivity index (χ4v) is 2.76. The highest BCUT2D eigenvalue weighted by molar-refractivity contribution is 6.31. The molecule has 2 aromatic rings. The molecule has 1 aliphatic heterocycles. The van der Waals surface area contributed by atoms with E-state index < -0.39 is 5.66 Å². The number of carbonyl (C=O) groups is 1. The van der Waals surface area contributed by atoms with Gasteiger partial charge in [0.25, 0.3) is 0 Å². The Kier molecular flexibility index (Phi) is 5.52. The SMILES string of the molecule is Cl.O=C(c1ccccc1)c1cc(Cl)ccc1C1(CCl)N=CN=N1. The maximum Gasteiger partial charge on any atom is 0.212 e. The molecule has 3 rings (SSSR count). The van der Waals surface area contributed by atoms with Crippen molar-refractivity contribution in [3.63, 3.8) is 0 Å². The van der Waals surface area contributed by atoms with Gasteiger partial charge in [-0.1, -0.05) is 48.0 Å². The molecular weight excluding hydrogens is 357 g/mol. The molecule has 0 N–H and O–H groups in total. The first-order valence-electron chi connectivity index (χ1n) is 6.58. The average molecular weight is 369 g/mol. The smallest absolute Gasteiger partial charge is 0.212 e. The van der Waals surface area contributed by atoms with Crippen LogP contribution in [0.5, 0.6) is 0 Å². The molecule has 118 valence electrons. The summed E-state index contributed by atoms with van der Waals surface area (Å²) in [6, 6.07) is 14.0. The van der Waals surface area contributed by atoms with E-state index in [1.54, 1.807) is 30.3 Å². The van der Waals surface area contributed by atoms with Crippen LogP contribution in [0, 0.1) is 0 Å². The minimum Gasteiger partial charge on any atom is -0.289 e. The number of alkyl halides is 1. The highest BCUT2D eigenvalue weighted by atomic mass is 35.5. The molecule has 0 spiro atoms. The summed E-state index contributed by atoms with van der Waals surface area (Å²) < 4.78 is 0. The second-order valence-electron chi connectivity index (χ2n) is 4.80. The van der Waals surface area contributed by atoms with Crippen LogP contribution >= 0.6 is 35.6 Å². The summed E-state index contributed by atoms with van der Waals surface area (Å²) in [5.74, 6) is -0.0659. The minimum atomic E-state index is -1.06. The Balaban J connectivity index is 0.00000192. The zero-order valence-corrected chi connectivity index (χ0v) is 14.1. The van der Waals surface area contributed by atoms with Gasteiger partial charge in [-0.25, -0.2) is 4.99 Å². The quantitative estimate of drug-likeness (QED) is 0.560. The van der Waals surface area contributed by atoms with E-state index in [9.17, 15) is 4.79 Å². The van der Waals surface area contributed by atoms with Crippen LogP contribution in [-0.4, -0.2) is 18.0 Å². The van der Waals surface area contributed by atoms with Crippen molar-refractivity contribution in [3.05, 3.63) is 70.2 Å². The molecule has 1 atom stereocenters. The van der Waals surface area contributed by atoms with Gasteiger partial charge in [0.2, 0.25) is 5.66 Å². The Morgan fingerprint density at radius 1 is 1.13 bits per heavy atom. The van der Waals surface area contributed by atoms with E-state index in [1.807, 2.05) is 18.2 Å². The van der Waals surface area contributed by atoms with Gasteiger partial charge in [-0.15, -0.1) is 29.1 Å².